The third-order valence-corrected chi connectivity index (χ3v) is 6.47. The van der Waals surface area contributed by atoms with Gasteiger partial charge >= 0.3 is 0 Å². The molecule has 0 bridgehead atoms. The van der Waals surface area contributed by atoms with E-state index in [9.17, 15) is 9.59 Å². The Hall–Kier alpha value is -3.12. The number of aromatic nitrogens is 3. The van der Waals surface area contributed by atoms with Gasteiger partial charge in [-0.05, 0) is 68.1 Å². The van der Waals surface area contributed by atoms with Crippen molar-refractivity contribution in [3.8, 4) is 5.69 Å². The van der Waals surface area contributed by atoms with E-state index < -0.39 is 0 Å². The molecule has 1 saturated heterocycles. The smallest absolute Gasteiger partial charge is 0.280 e. The minimum atomic E-state index is -0.189. The summed E-state index contributed by atoms with van der Waals surface area (Å²) in [5.41, 5.74) is 2.53. The number of pyridine rings is 1. The number of nitrogens with zero attached hydrogens (tertiary/aromatic N) is 3. The number of hydrogen-bond acceptors (Lipinski definition) is 3. The summed E-state index contributed by atoms with van der Waals surface area (Å²) in [7, 11) is 0. The normalized spacial score (nSPS) is 16.8. The van der Waals surface area contributed by atoms with E-state index in [0.717, 1.165) is 36.7 Å². The average Bonchev–Trinajstić information content (AvgIpc) is 3.15. The number of benzene rings is 2. The molecule has 6 nitrogen and oxygen atoms in total. The van der Waals surface area contributed by atoms with Gasteiger partial charge in [0.15, 0.2) is 0 Å². The first kappa shape index (κ1) is 19.8. The molecule has 5 rings (SSSR count). The van der Waals surface area contributed by atoms with E-state index in [1.165, 1.54) is 11.1 Å². The molecule has 7 heteroatoms. The van der Waals surface area contributed by atoms with Gasteiger partial charge in [-0.1, -0.05) is 18.5 Å². The van der Waals surface area contributed by atoms with Crippen LogP contribution in [0.15, 0.2) is 53.5 Å². The van der Waals surface area contributed by atoms with Gasteiger partial charge in [0.1, 0.15) is 0 Å². The highest BCUT2D eigenvalue weighted by molar-refractivity contribution is 6.30. The summed E-state index contributed by atoms with van der Waals surface area (Å²) in [6.07, 6.45) is 5.81. The van der Waals surface area contributed by atoms with Gasteiger partial charge in [0, 0.05) is 34.8 Å². The van der Waals surface area contributed by atoms with Gasteiger partial charge in [0.05, 0.1) is 22.1 Å². The first-order valence-corrected chi connectivity index (χ1v) is 11.0. The number of hydrogen-bond donors (Lipinski definition) is 1. The minimum Gasteiger partial charge on any atom is -0.336 e. The summed E-state index contributed by atoms with van der Waals surface area (Å²) in [5.74, 6) is 0.0462. The number of rotatable bonds is 3. The van der Waals surface area contributed by atoms with E-state index in [1.54, 1.807) is 30.5 Å². The highest BCUT2D eigenvalue weighted by Gasteiger charge is 2.26. The summed E-state index contributed by atoms with van der Waals surface area (Å²) in [4.78, 5) is 32.7. The van der Waals surface area contributed by atoms with Crippen molar-refractivity contribution < 1.29 is 4.79 Å². The molecule has 0 radical (unpaired) electrons. The average molecular weight is 435 g/mol. The Morgan fingerprint density at radius 3 is 2.74 bits per heavy atom. The zero-order chi connectivity index (χ0) is 21.5. The Kier molecular flexibility index (Phi) is 5.02. The van der Waals surface area contributed by atoms with Crippen LogP contribution in [-0.4, -0.2) is 38.2 Å². The third-order valence-electron chi connectivity index (χ3n) is 6.22. The van der Waals surface area contributed by atoms with E-state index in [2.05, 4.69) is 17.0 Å². The van der Waals surface area contributed by atoms with E-state index >= 15 is 0 Å². The van der Waals surface area contributed by atoms with Crippen molar-refractivity contribution in [1.82, 2.24) is 19.7 Å². The standard InChI is InChI=1S/C24H23ClN4O2/c1-2-17-5-3-4-12-28(17)23(30)15-6-11-21-19(13-15)22-20(14-26-21)24(31)29(27-22)18-9-7-16(25)8-10-18/h6-11,13-14,17,27H,2-5,12H2,1H3/t17-/m1/s1. The predicted octanol–water partition coefficient (Wildman–Crippen LogP) is 4.93. The monoisotopic (exact) mass is 434 g/mol. The number of aromatic amines is 1. The summed E-state index contributed by atoms with van der Waals surface area (Å²) in [6.45, 7) is 2.93. The van der Waals surface area contributed by atoms with Crippen LogP contribution in [0.4, 0.5) is 0 Å². The van der Waals surface area contributed by atoms with Crippen LogP contribution in [0.2, 0.25) is 5.02 Å². The van der Waals surface area contributed by atoms with Crippen molar-refractivity contribution in [2.45, 2.75) is 38.6 Å². The highest BCUT2D eigenvalue weighted by atomic mass is 35.5. The molecule has 4 aromatic rings. The van der Waals surface area contributed by atoms with Crippen LogP contribution in [0.25, 0.3) is 27.5 Å². The van der Waals surface area contributed by atoms with Gasteiger partial charge < -0.3 is 4.90 Å². The van der Waals surface area contributed by atoms with Gasteiger partial charge in [-0.2, -0.15) is 0 Å². The Morgan fingerprint density at radius 1 is 1.16 bits per heavy atom. The topological polar surface area (TPSA) is 71.0 Å². The molecule has 31 heavy (non-hydrogen) atoms. The molecule has 1 amide bonds. The number of likely N-dealkylation sites (tertiary alicyclic amines) is 1. The molecule has 1 aliphatic heterocycles. The lowest BCUT2D eigenvalue weighted by atomic mass is 9.98. The second-order valence-electron chi connectivity index (χ2n) is 8.06. The lowest BCUT2D eigenvalue weighted by Gasteiger charge is -2.35. The van der Waals surface area contributed by atoms with E-state index in [-0.39, 0.29) is 17.5 Å². The molecule has 0 aliphatic carbocycles. The minimum absolute atomic E-state index is 0.0462. The zero-order valence-electron chi connectivity index (χ0n) is 17.3. The van der Waals surface area contributed by atoms with Crippen molar-refractivity contribution in [2.75, 3.05) is 6.54 Å². The number of piperidine rings is 1. The SMILES string of the molecule is CC[C@@H]1CCCCN1C(=O)c1ccc2ncc3c(=O)n(-c4ccc(Cl)cc4)[nH]c3c2c1. The van der Waals surface area contributed by atoms with Crippen molar-refractivity contribution in [2.24, 2.45) is 0 Å². The van der Waals surface area contributed by atoms with Gasteiger partial charge in [0.25, 0.3) is 11.5 Å². The predicted molar refractivity (Wildman–Crippen MR) is 123 cm³/mol. The van der Waals surface area contributed by atoms with Crippen molar-refractivity contribution in [1.29, 1.82) is 0 Å². The molecule has 1 N–H and O–H groups in total. The lowest BCUT2D eigenvalue weighted by Crippen LogP contribution is -2.43. The number of carbonyl (C=O) groups is 1. The Labute approximate surface area is 184 Å². The number of amides is 1. The first-order valence-electron chi connectivity index (χ1n) is 10.7. The zero-order valence-corrected chi connectivity index (χ0v) is 18.0. The Morgan fingerprint density at radius 2 is 1.97 bits per heavy atom. The van der Waals surface area contributed by atoms with Crippen LogP contribution < -0.4 is 5.56 Å². The van der Waals surface area contributed by atoms with Crippen LogP contribution in [0.3, 0.4) is 0 Å². The Balaban J connectivity index is 1.63. The molecule has 3 heterocycles. The van der Waals surface area contributed by atoms with Gasteiger partial charge in [-0.15, -0.1) is 0 Å². The summed E-state index contributed by atoms with van der Waals surface area (Å²) < 4.78 is 1.48. The molecule has 2 aromatic heterocycles. The molecular weight excluding hydrogens is 412 g/mol. The second-order valence-corrected chi connectivity index (χ2v) is 8.50. The van der Waals surface area contributed by atoms with Crippen LogP contribution in [-0.2, 0) is 0 Å². The number of H-pyrrole nitrogens is 1. The van der Waals surface area contributed by atoms with Gasteiger partial charge in [0.2, 0.25) is 0 Å². The van der Waals surface area contributed by atoms with Crippen molar-refractivity contribution >= 4 is 39.3 Å². The number of carbonyl (C=O) groups excluding carboxylic acids is 1. The van der Waals surface area contributed by atoms with E-state index in [0.29, 0.717) is 27.2 Å². The maximum absolute atomic E-state index is 13.3. The number of nitrogens with one attached hydrogen (secondary N) is 1. The van der Waals surface area contributed by atoms with Crippen LogP contribution in [0.5, 0.6) is 0 Å². The highest BCUT2D eigenvalue weighted by Crippen LogP contribution is 2.26. The fraction of sp³-hybridized carbons (Fsp3) is 0.292. The Bertz CT molecular complexity index is 1340. The lowest BCUT2D eigenvalue weighted by molar-refractivity contribution is 0.0608. The summed E-state index contributed by atoms with van der Waals surface area (Å²) in [6, 6.07) is 12.9. The maximum Gasteiger partial charge on any atom is 0.280 e. The second kappa shape index (κ2) is 7.85. The summed E-state index contributed by atoms with van der Waals surface area (Å²) in [5, 5.41) is 5.05. The maximum atomic E-state index is 13.3. The summed E-state index contributed by atoms with van der Waals surface area (Å²) >= 11 is 5.98. The third kappa shape index (κ3) is 3.41. The molecule has 0 saturated carbocycles. The molecular formula is C24H23ClN4O2. The molecule has 1 fully saturated rings. The number of fused-ring (bicyclic) bond motifs is 3. The van der Waals surface area contributed by atoms with Gasteiger partial charge in [-0.3, -0.25) is 19.7 Å². The van der Waals surface area contributed by atoms with Crippen LogP contribution in [0, 0.1) is 0 Å². The molecule has 158 valence electrons. The van der Waals surface area contributed by atoms with Gasteiger partial charge in [-0.25, -0.2) is 4.68 Å². The van der Waals surface area contributed by atoms with E-state index in [1.807, 2.05) is 23.1 Å². The van der Waals surface area contributed by atoms with Crippen molar-refractivity contribution in [3.63, 3.8) is 0 Å². The molecule has 2 aromatic carbocycles. The fourth-order valence-corrected chi connectivity index (χ4v) is 4.65. The molecule has 1 atom stereocenters. The quantitative estimate of drug-likeness (QED) is 0.497. The largest absolute Gasteiger partial charge is 0.336 e. The first-order chi connectivity index (χ1) is 15.1. The van der Waals surface area contributed by atoms with Crippen LogP contribution >= 0.6 is 11.6 Å². The van der Waals surface area contributed by atoms with Crippen molar-refractivity contribution in [3.05, 3.63) is 69.6 Å². The van der Waals surface area contributed by atoms with E-state index in [4.69, 9.17) is 11.6 Å². The molecule has 1 aliphatic rings. The molecule has 0 spiro atoms. The number of halogens is 1. The van der Waals surface area contributed by atoms with Crippen LogP contribution in [0.1, 0.15) is 43.0 Å². The fourth-order valence-electron chi connectivity index (χ4n) is 4.52. The molecule has 0 unspecified atom stereocenters.